The maximum absolute atomic E-state index is 10.6. The molecular weight excluding hydrogens is 459 g/mol. The largest absolute Gasteiger partial charge is 0.490 e. The molecule has 0 atom stereocenters. The van der Waals surface area contributed by atoms with Gasteiger partial charge in [0.25, 0.3) is 0 Å². The van der Waals surface area contributed by atoms with E-state index in [0.717, 1.165) is 21.5 Å². The molecule has 0 saturated heterocycles. The molecular formula is C18H17ClF3N3O3SSi. The second-order valence-corrected chi connectivity index (χ2v) is 12.9. The van der Waals surface area contributed by atoms with E-state index in [-0.39, 0.29) is 5.28 Å². The SMILES string of the molecule is C[Si](C)(C)C#Cc1csc2c(NCc3ccco3)nc(Cl)nc12.O=C(O)C(F)(F)F. The van der Waals surface area contributed by atoms with E-state index in [2.05, 4.69) is 46.4 Å². The van der Waals surface area contributed by atoms with Crippen molar-refractivity contribution in [3.8, 4) is 11.5 Å². The van der Waals surface area contributed by atoms with Gasteiger partial charge in [0, 0.05) is 5.38 Å². The lowest BCUT2D eigenvalue weighted by Crippen LogP contribution is -2.21. The molecule has 3 rings (SSSR count). The predicted molar refractivity (Wildman–Crippen MR) is 112 cm³/mol. The Morgan fingerprint density at radius 2 is 2.03 bits per heavy atom. The molecule has 0 aliphatic carbocycles. The van der Waals surface area contributed by atoms with E-state index in [1.54, 1.807) is 17.6 Å². The maximum atomic E-state index is 10.6. The Labute approximate surface area is 180 Å². The summed E-state index contributed by atoms with van der Waals surface area (Å²) in [6, 6.07) is 3.76. The highest BCUT2D eigenvalue weighted by Crippen LogP contribution is 2.31. The lowest BCUT2D eigenvalue weighted by Gasteiger charge is -2.05. The first-order chi connectivity index (χ1) is 13.9. The van der Waals surface area contributed by atoms with Crippen LogP contribution < -0.4 is 5.32 Å². The highest BCUT2D eigenvalue weighted by atomic mass is 35.5. The Balaban J connectivity index is 0.000000396. The van der Waals surface area contributed by atoms with Crippen LogP contribution >= 0.6 is 22.9 Å². The summed E-state index contributed by atoms with van der Waals surface area (Å²) in [5.41, 5.74) is 5.09. The van der Waals surface area contributed by atoms with E-state index in [9.17, 15) is 13.2 Å². The molecule has 0 saturated carbocycles. The number of rotatable bonds is 3. The molecule has 3 heterocycles. The number of alkyl halides is 3. The third-order valence-electron chi connectivity index (χ3n) is 3.21. The van der Waals surface area contributed by atoms with Gasteiger partial charge >= 0.3 is 12.1 Å². The van der Waals surface area contributed by atoms with Crippen molar-refractivity contribution >= 4 is 53.0 Å². The van der Waals surface area contributed by atoms with Crippen LogP contribution in [0.2, 0.25) is 24.9 Å². The number of nitrogens with one attached hydrogen (secondary N) is 1. The maximum Gasteiger partial charge on any atom is 0.490 e. The molecule has 0 spiro atoms. The van der Waals surface area contributed by atoms with Crippen LogP contribution in [0.1, 0.15) is 11.3 Å². The zero-order chi connectivity index (χ0) is 22.5. The van der Waals surface area contributed by atoms with Gasteiger partial charge in [0.1, 0.15) is 25.2 Å². The monoisotopic (exact) mass is 475 g/mol. The van der Waals surface area contributed by atoms with Crippen molar-refractivity contribution in [1.29, 1.82) is 0 Å². The number of carboxylic acid groups (broad SMARTS) is 1. The molecule has 0 radical (unpaired) electrons. The van der Waals surface area contributed by atoms with Crippen LogP contribution in [0.3, 0.4) is 0 Å². The summed E-state index contributed by atoms with van der Waals surface area (Å²) in [6.45, 7) is 7.19. The summed E-state index contributed by atoms with van der Waals surface area (Å²) in [6.07, 6.45) is -3.44. The van der Waals surface area contributed by atoms with Crippen molar-refractivity contribution in [2.75, 3.05) is 5.32 Å². The zero-order valence-electron chi connectivity index (χ0n) is 16.1. The fourth-order valence-electron chi connectivity index (χ4n) is 1.94. The normalized spacial score (nSPS) is 11.3. The van der Waals surface area contributed by atoms with Crippen LogP contribution in [-0.2, 0) is 11.3 Å². The summed E-state index contributed by atoms with van der Waals surface area (Å²) >= 11 is 7.66. The average molecular weight is 476 g/mol. The van der Waals surface area contributed by atoms with Crippen LogP contribution in [0.4, 0.5) is 19.0 Å². The van der Waals surface area contributed by atoms with E-state index in [4.69, 9.17) is 25.9 Å². The fourth-order valence-corrected chi connectivity index (χ4v) is 3.52. The molecule has 0 aliphatic rings. The standard InChI is InChI=1S/C16H16ClN3OSSi.C2HF3O2/c1-23(2,3)8-6-11-10-22-14-13(11)19-16(17)20-15(14)18-9-12-5-4-7-21-12;3-2(4,5)1(6)7/h4-5,7,10H,9H2,1-3H3,(H,18,19,20);(H,6,7). The molecule has 30 heavy (non-hydrogen) atoms. The summed E-state index contributed by atoms with van der Waals surface area (Å²) in [4.78, 5) is 17.5. The van der Waals surface area contributed by atoms with Crippen LogP contribution in [0.5, 0.6) is 0 Å². The van der Waals surface area contributed by atoms with E-state index in [1.807, 2.05) is 17.5 Å². The average Bonchev–Trinajstić information content (AvgIpc) is 3.26. The zero-order valence-corrected chi connectivity index (χ0v) is 18.7. The lowest BCUT2D eigenvalue weighted by molar-refractivity contribution is -0.192. The number of aliphatic carboxylic acids is 1. The van der Waals surface area contributed by atoms with Crippen molar-refractivity contribution in [2.45, 2.75) is 32.4 Å². The molecule has 0 aliphatic heterocycles. The minimum Gasteiger partial charge on any atom is -0.475 e. The van der Waals surface area contributed by atoms with Gasteiger partial charge in [0.2, 0.25) is 5.28 Å². The summed E-state index contributed by atoms with van der Waals surface area (Å²) in [5.74, 6) is 2.05. The minimum atomic E-state index is -5.08. The van der Waals surface area contributed by atoms with Gasteiger partial charge in [-0.25, -0.2) is 9.78 Å². The van der Waals surface area contributed by atoms with Crippen molar-refractivity contribution in [2.24, 2.45) is 0 Å². The van der Waals surface area contributed by atoms with Crippen LogP contribution in [0.25, 0.3) is 10.2 Å². The first-order valence-corrected chi connectivity index (χ1v) is 13.2. The van der Waals surface area contributed by atoms with E-state index >= 15 is 0 Å². The van der Waals surface area contributed by atoms with Crippen molar-refractivity contribution in [3.05, 3.63) is 40.4 Å². The molecule has 2 N–H and O–H groups in total. The van der Waals surface area contributed by atoms with E-state index in [0.29, 0.717) is 12.4 Å². The molecule has 160 valence electrons. The molecule has 0 unspecified atom stereocenters. The first kappa shape index (κ1) is 23.7. The Hall–Kier alpha value is -2.55. The molecule has 3 aromatic rings. The third-order valence-corrected chi connectivity index (χ3v) is 5.23. The Morgan fingerprint density at radius 3 is 2.57 bits per heavy atom. The van der Waals surface area contributed by atoms with Gasteiger partial charge in [-0.05, 0) is 23.7 Å². The molecule has 0 bridgehead atoms. The Morgan fingerprint density at radius 1 is 1.37 bits per heavy atom. The quantitative estimate of drug-likeness (QED) is 0.299. The summed E-state index contributed by atoms with van der Waals surface area (Å²) in [5, 5.41) is 12.6. The first-order valence-electron chi connectivity index (χ1n) is 8.41. The molecule has 3 aromatic heterocycles. The van der Waals surface area contributed by atoms with Crippen LogP contribution in [-0.4, -0.2) is 35.3 Å². The highest BCUT2D eigenvalue weighted by Gasteiger charge is 2.38. The van der Waals surface area contributed by atoms with Crippen LogP contribution in [0.15, 0.2) is 28.2 Å². The molecule has 0 amide bonds. The van der Waals surface area contributed by atoms with Gasteiger partial charge in [-0.15, -0.1) is 16.9 Å². The van der Waals surface area contributed by atoms with Crippen LogP contribution in [0, 0.1) is 11.5 Å². The Kier molecular flexibility index (Phi) is 7.52. The number of fused-ring (bicyclic) bond motifs is 1. The van der Waals surface area contributed by atoms with Gasteiger partial charge in [-0.1, -0.05) is 25.6 Å². The molecule has 6 nitrogen and oxygen atoms in total. The smallest absolute Gasteiger partial charge is 0.475 e. The highest BCUT2D eigenvalue weighted by molar-refractivity contribution is 7.18. The topological polar surface area (TPSA) is 88.3 Å². The fraction of sp³-hybridized carbons (Fsp3) is 0.278. The number of furan rings is 1. The van der Waals surface area contributed by atoms with Gasteiger partial charge in [0.05, 0.1) is 23.1 Å². The second-order valence-electron chi connectivity index (χ2n) is 6.90. The number of nitrogens with zero attached hydrogens (tertiary/aromatic N) is 2. The Bertz CT molecular complexity index is 1080. The summed E-state index contributed by atoms with van der Waals surface area (Å²) in [7, 11) is -1.44. The number of carbonyl (C=O) groups is 1. The molecule has 12 heteroatoms. The number of thiophene rings is 1. The van der Waals surface area contributed by atoms with Crippen molar-refractivity contribution in [1.82, 2.24) is 9.97 Å². The number of hydrogen-bond donors (Lipinski definition) is 2. The number of aromatic nitrogens is 2. The number of halogens is 4. The number of anilines is 1. The van der Waals surface area contributed by atoms with Gasteiger partial charge in [-0.3, -0.25) is 0 Å². The van der Waals surface area contributed by atoms with Gasteiger partial charge in [-0.2, -0.15) is 18.2 Å². The van der Waals surface area contributed by atoms with Crippen molar-refractivity contribution < 1.29 is 27.5 Å². The second kappa shape index (κ2) is 9.50. The van der Waals surface area contributed by atoms with Gasteiger partial charge in [0.15, 0.2) is 0 Å². The lowest BCUT2D eigenvalue weighted by atomic mass is 10.3. The van der Waals surface area contributed by atoms with E-state index in [1.165, 1.54) is 0 Å². The summed E-state index contributed by atoms with van der Waals surface area (Å²) < 4.78 is 38.0. The third kappa shape index (κ3) is 7.05. The van der Waals surface area contributed by atoms with Gasteiger partial charge < -0.3 is 14.8 Å². The number of hydrogen-bond acceptors (Lipinski definition) is 6. The number of carboxylic acids is 1. The molecule has 0 aromatic carbocycles. The predicted octanol–water partition coefficient (Wildman–Crippen LogP) is 5.41. The van der Waals surface area contributed by atoms with Crippen molar-refractivity contribution in [3.63, 3.8) is 0 Å². The van der Waals surface area contributed by atoms with E-state index < -0.39 is 20.2 Å². The molecule has 0 fully saturated rings. The minimum absolute atomic E-state index is 0.217.